The van der Waals surface area contributed by atoms with Gasteiger partial charge in [-0.05, 0) is 31.9 Å². The number of rotatable bonds is 9. The highest BCUT2D eigenvalue weighted by Crippen LogP contribution is 2.31. The fourth-order valence-corrected chi connectivity index (χ4v) is 4.15. The lowest BCUT2D eigenvalue weighted by atomic mass is 9.92. The first kappa shape index (κ1) is 27.4. The minimum absolute atomic E-state index is 0. The number of nitrogens with one attached hydrogen (secondary N) is 2. The summed E-state index contributed by atoms with van der Waals surface area (Å²) >= 11 is 0. The number of nitrogens with zero attached hydrogens (tertiary/aromatic N) is 2. The van der Waals surface area contributed by atoms with E-state index >= 15 is 0 Å². The molecular weight excluding hydrogens is 467 g/mol. The minimum Gasteiger partial charge on any atom is -0.481 e. The average molecular weight is 501 g/mol. The van der Waals surface area contributed by atoms with Crippen LogP contribution in [0, 0.1) is 0 Å². The van der Waals surface area contributed by atoms with E-state index in [1.165, 1.54) is 5.56 Å². The zero-order valence-electron chi connectivity index (χ0n) is 19.1. The second kappa shape index (κ2) is 13.8. The predicted molar refractivity (Wildman–Crippen MR) is 131 cm³/mol. The van der Waals surface area contributed by atoms with Gasteiger partial charge in [-0.3, -0.25) is 0 Å². The molecule has 10 heteroatoms. The topological polar surface area (TPSA) is 86.8 Å². The molecule has 0 unspecified atom stereocenters. The molecule has 184 valence electrons. The van der Waals surface area contributed by atoms with Gasteiger partial charge >= 0.3 is 6.01 Å². The molecule has 2 fully saturated rings. The number of aromatic nitrogens is 2. The molecular formula is C23H34Cl2N4O4. The monoisotopic (exact) mass is 500 g/mol. The van der Waals surface area contributed by atoms with E-state index in [4.69, 9.17) is 18.9 Å². The van der Waals surface area contributed by atoms with Crippen molar-refractivity contribution >= 4 is 24.8 Å². The van der Waals surface area contributed by atoms with Crippen LogP contribution >= 0.6 is 24.8 Å². The molecule has 2 saturated heterocycles. The first-order valence-electron chi connectivity index (χ1n) is 11.1. The molecule has 4 rings (SSSR count). The van der Waals surface area contributed by atoms with Crippen molar-refractivity contribution in [3.8, 4) is 17.8 Å². The fraction of sp³-hybridized carbons (Fsp3) is 0.565. The SMILES string of the molecule is CCOc1nc(OC)c(CN[C@H]2CCCN[C@H]2c2ccccc2)c(O[C@@H]2CCOC2)n1.Cl.Cl. The second-order valence-corrected chi connectivity index (χ2v) is 7.81. The molecule has 3 atom stereocenters. The third-order valence-corrected chi connectivity index (χ3v) is 5.70. The third kappa shape index (κ3) is 7.07. The van der Waals surface area contributed by atoms with Gasteiger partial charge in [0.05, 0.1) is 32.5 Å². The zero-order valence-corrected chi connectivity index (χ0v) is 20.8. The van der Waals surface area contributed by atoms with Crippen molar-refractivity contribution in [3.05, 3.63) is 41.5 Å². The molecule has 0 saturated carbocycles. The number of ether oxygens (including phenoxy) is 4. The van der Waals surface area contributed by atoms with Gasteiger partial charge in [-0.25, -0.2) is 0 Å². The normalized spacial score (nSPS) is 22.1. The maximum Gasteiger partial charge on any atom is 0.323 e. The highest BCUT2D eigenvalue weighted by atomic mass is 35.5. The van der Waals surface area contributed by atoms with Gasteiger partial charge in [0.1, 0.15) is 6.10 Å². The number of hydrogen-bond acceptors (Lipinski definition) is 8. The summed E-state index contributed by atoms with van der Waals surface area (Å²) < 4.78 is 22.8. The molecule has 0 bridgehead atoms. The number of hydrogen-bond donors (Lipinski definition) is 2. The molecule has 0 amide bonds. The maximum atomic E-state index is 6.20. The Labute approximate surface area is 208 Å². The number of halogens is 2. The summed E-state index contributed by atoms with van der Waals surface area (Å²) in [6.07, 6.45) is 3.02. The highest BCUT2D eigenvalue weighted by molar-refractivity contribution is 5.85. The van der Waals surface area contributed by atoms with Crippen LogP contribution in [0.1, 0.15) is 43.4 Å². The smallest absolute Gasteiger partial charge is 0.323 e. The highest BCUT2D eigenvalue weighted by Gasteiger charge is 2.28. The lowest BCUT2D eigenvalue weighted by molar-refractivity contribution is 0.135. The molecule has 0 spiro atoms. The molecule has 3 heterocycles. The van der Waals surface area contributed by atoms with Gasteiger partial charge < -0.3 is 29.6 Å². The molecule has 2 aliphatic rings. The van der Waals surface area contributed by atoms with Crippen molar-refractivity contribution in [2.24, 2.45) is 0 Å². The van der Waals surface area contributed by atoms with Gasteiger partial charge in [0.2, 0.25) is 11.8 Å². The summed E-state index contributed by atoms with van der Waals surface area (Å²) in [4.78, 5) is 8.96. The van der Waals surface area contributed by atoms with Crippen molar-refractivity contribution in [3.63, 3.8) is 0 Å². The lowest BCUT2D eigenvalue weighted by Gasteiger charge is -2.34. The first-order chi connectivity index (χ1) is 15.3. The number of benzene rings is 1. The summed E-state index contributed by atoms with van der Waals surface area (Å²) in [5.41, 5.74) is 2.09. The number of piperidine rings is 1. The lowest BCUT2D eigenvalue weighted by Crippen LogP contribution is -2.45. The summed E-state index contributed by atoms with van der Waals surface area (Å²) in [7, 11) is 1.61. The molecule has 8 nitrogen and oxygen atoms in total. The van der Waals surface area contributed by atoms with E-state index in [1.807, 2.05) is 13.0 Å². The number of methoxy groups -OCH3 is 1. The van der Waals surface area contributed by atoms with Crippen molar-refractivity contribution in [2.45, 2.75) is 50.9 Å². The molecule has 33 heavy (non-hydrogen) atoms. The minimum atomic E-state index is -0.0266. The van der Waals surface area contributed by atoms with E-state index in [-0.39, 0.29) is 49.0 Å². The van der Waals surface area contributed by atoms with Crippen LogP contribution in [0.3, 0.4) is 0 Å². The van der Waals surface area contributed by atoms with Crippen molar-refractivity contribution in [2.75, 3.05) is 33.5 Å². The Morgan fingerprint density at radius 1 is 1.12 bits per heavy atom. The van der Waals surface area contributed by atoms with E-state index in [1.54, 1.807) is 7.11 Å². The van der Waals surface area contributed by atoms with Gasteiger partial charge in [0.15, 0.2) is 0 Å². The molecule has 0 aliphatic carbocycles. The van der Waals surface area contributed by atoms with Crippen LogP contribution in [0.4, 0.5) is 0 Å². The Hall–Kier alpha value is -1.84. The summed E-state index contributed by atoms with van der Waals surface area (Å²) in [6.45, 7) is 5.18. The van der Waals surface area contributed by atoms with Gasteiger partial charge in [-0.15, -0.1) is 24.8 Å². The van der Waals surface area contributed by atoms with Crippen molar-refractivity contribution in [1.82, 2.24) is 20.6 Å². The molecule has 1 aromatic carbocycles. The summed E-state index contributed by atoms with van der Waals surface area (Å²) in [5.74, 6) is 0.971. The second-order valence-electron chi connectivity index (χ2n) is 7.81. The van der Waals surface area contributed by atoms with Gasteiger partial charge in [0.25, 0.3) is 0 Å². The Morgan fingerprint density at radius 2 is 1.91 bits per heavy atom. The summed E-state index contributed by atoms with van der Waals surface area (Å²) in [5, 5.41) is 7.36. The molecule has 1 aromatic heterocycles. The molecule has 2 aromatic rings. The van der Waals surface area contributed by atoms with E-state index in [0.29, 0.717) is 38.1 Å². The molecule has 2 aliphatic heterocycles. The standard InChI is InChI=1S/C23H32N4O4.2ClH/c1-3-30-23-26-21(28-2)18(22(27-23)31-17-11-13-29-15-17)14-25-19-10-7-12-24-20(19)16-8-5-4-6-9-16;;/h4-6,8-9,17,19-20,24-25H,3,7,10-15H2,1-2H3;2*1H/t17-,19+,20+;;/m1../s1. The summed E-state index contributed by atoms with van der Waals surface area (Å²) in [6, 6.07) is 11.3. The average Bonchev–Trinajstić information content (AvgIpc) is 3.32. The van der Waals surface area contributed by atoms with Gasteiger partial charge in [-0.2, -0.15) is 9.97 Å². The van der Waals surface area contributed by atoms with Crippen LogP contribution in [0.5, 0.6) is 17.8 Å². The van der Waals surface area contributed by atoms with E-state index < -0.39 is 0 Å². The van der Waals surface area contributed by atoms with Gasteiger partial charge in [0, 0.05) is 25.0 Å². The Kier molecular flexibility index (Phi) is 11.4. The van der Waals surface area contributed by atoms with Crippen LogP contribution in [-0.2, 0) is 11.3 Å². The van der Waals surface area contributed by atoms with Crippen LogP contribution in [-0.4, -0.2) is 55.6 Å². The van der Waals surface area contributed by atoms with E-state index in [0.717, 1.165) is 31.4 Å². The Bertz CT molecular complexity index is 841. The Balaban J connectivity index is 0.00000193. The van der Waals surface area contributed by atoms with Crippen LogP contribution in [0.15, 0.2) is 30.3 Å². The van der Waals surface area contributed by atoms with Crippen molar-refractivity contribution < 1.29 is 18.9 Å². The van der Waals surface area contributed by atoms with Crippen LogP contribution in [0.2, 0.25) is 0 Å². The first-order valence-corrected chi connectivity index (χ1v) is 11.1. The Morgan fingerprint density at radius 3 is 2.61 bits per heavy atom. The van der Waals surface area contributed by atoms with Crippen LogP contribution < -0.4 is 24.8 Å². The maximum absolute atomic E-state index is 6.20. The molecule has 0 radical (unpaired) electrons. The predicted octanol–water partition coefficient (Wildman–Crippen LogP) is 3.48. The van der Waals surface area contributed by atoms with E-state index in [9.17, 15) is 0 Å². The quantitative estimate of drug-likeness (QED) is 0.540. The zero-order chi connectivity index (χ0) is 21.5. The van der Waals surface area contributed by atoms with Crippen molar-refractivity contribution in [1.29, 1.82) is 0 Å². The van der Waals surface area contributed by atoms with Crippen LogP contribution in [0.25, 0.3) is 0 Å². The third-order valence-electron chi connectivity index (χ3n) is 5.70. The largest absolute Gasteiger partial charge is 0.481 e. The van der Waals surface area contributed by atoms with Gasteiger partial charge in [-0.1, -0.05) is 30.3 Å². The van der Waals surface area contributed by atoms with E-state index in [2.05, 4.69) is 44.9 Å². The fourth-order valence-electron chi connectivity index (χ4n) is 4.15. The molecule has 2 N–H and O–H groups in total.